The van der Waals surface area contributed by atoms with Crippen LogP contribution >= 0.6 is 0 Å². The van der Waals surface area contributed by atoms with E-state index < -0.39 is 0 Å². The number of amides is 1. The van der Waals surface area contributed by atoms with Gasteiger partial charge in [0.05, 0.1) is 0 Å². The molecule has 3 heteroatoms. The molecule has 0 atom stereocenters. The number of aliphatic hydroxyl groups excluding tert-OH is 1. The van der Waals surface area contributed by atoms with Crippen molar-refractivity contribution in [2.45, 2.75) is 46.5 Å². The monoisotopic (exact) mass is 213 g/mol. The lowest BCUT2D eigenvalue weighted by Gasteiger charge is -2.23. The molecule has 0 heterocycles. The van der Waals surface area contributed by atoms with Crippen LogP contribution < -0.4 is 5.32 Å². The van der Waals surface area contributed by atoms with Crippen molar-refractivity contribution in [2.24, 2.45) is 10.8 Å². The molecule has 0 aromatic rings. The highest BCUT2D eigenvalue weighted by molar-refractivity contribution is 5.81. The third-order valence-corrected chi connectivity index (χ3v) is 3.72. The van der Waals surface area contributed by atoms with Crippen LogP contribution in [0.5, 0.6) is 0 Å². The van der Waals surface area contributed by atoms with E-state index in [1.165, 1.54) is 0 Å². The number of nitrogens with one attached hydrogen (secondary N) is 1. The Morgan fingerprint density at radius 1 is 1.47 bits per heavy atom. The van der Waals surface area contributed by atoms with E-state index in [2.05, 4.69) is 5.32 Å². The molecule has 1 aliphatic carbocycles. The highest BCUT2D eigenvalue weighted by Gasteiger charge is 2.42. The molecular formula is C12H23NO2. The molecule has 3 nitrogen and oxygen atoms in total. The van der Waals surface area contributed by atoms with E-state index in [-0.39, 0.29) is 23.3 Å². The third kappa shape index (κ3) is 3.20. The van der Waals surface area contributed by atoms with Crippen molar-refractivity contribution < 1.29 is 9.90 Å². The van der Waals surface area contributed by atoms with Crippen molar-refractivity contribution in [3.8, 4) is 0 Å². The minimum atomic E-state index is -0.269. The highest BCUT2D eigenvalue weighted by Crippen LogP contribution is 2.48. The summed E-state index contributed by atoms with van der Waals surface area (Å²) in [5, 5.41) is 11.9. The molecular weight excluding hydrogens is 190 g/mol. The summed E-state index contributed by atoms with van der Waals surface area (Å²) in [4.78, 5) is 11.8. The fourth-order valence-corrected chi connectivity index (χ4v) is 1.60. The number of rotatable bonds is 6. The summed E-state index contributed by atoms with van der Waals surface area (Å²) in [5.41, 5.74) is -0.0521. The van der Waals surface area contributed by atoms with Crippen LogP contribution in [0.15, 0.2) is 0 Å². The van der Waals surface area contributed by atoms with Crippen LogP contribution in [0.3, 0.4) is 0 Å². The van der Waals surface area contributed by atoms with Crippen LogP contribution in [0.2, 0.25) is 0 Å². The normalized spacial score (nSPS) is 18.7. The molecule has 88 valence electrons. The van der Waals surface area contributed by atoms with Gasteiger partial charge in [-0.25, -0.2) is 0 Å². The summed E-state index contributed by atoms with van der Waals surface area (Å²) < 4.78 is 0. The van der Waals surface area contributed by atoms with Gasteiger partial charge in [0.1, 0.15) is 0 Å². The Kier molecular flexibility index (Phi) is 3.77. The van der Waals surface area contributed by atoms with Gasteiger partial charge in [0, 0.05) is 18.6 Å². The second kappa shape index (κ2) is 4.52. The van der Waals surface area contributed by atoms with E-state index in [0.29, 0.717) is 0 Å². The van der Waals surface area contributed by atoms with E-state index in [9.17, 15) is 4.79 Å². The lowest BCUT2D eigenvalue weighted by Crippen LogP contribution is -2.39. The third-order valence-electron chi connectivity index (χ3n) is 3.72. The van der Waals surface area contributed by atoms with Crippen molar-refractivity contribution in [3.63, 3.8) is 0 Å². The lowest BCUT2D eigenvalue weighted by atomic mass is 9.89. The summed E-state index contributed by atoms with van der Waals surface area (Å²) in [7, 11) is 0. The Morgan fingerprint density at radius 3 is 2.47 bits per heavy atom. The van der Waals surface area contributed by atoms with Crippen LogP contribution in [-0.2, 0) is 4.79 Å². The Labute approximate surface area is 92.3 Å². The van der Waals surface area contributed by atoms with E-state index in [1.807, 2.05) is 20.8 Å². The number of aliphatic hydroxyl groups is 1. The maximum absolute atomic E-state index is 11.8. The summed E-state index contributed by atoms with van der Waals surface area (Å²) in [5.74, 6) is 0.134. The maximum Gasteiger partial charge on any atom is 0.225 e. The average Bonchev–Trinajstić information content (AvgIpc) is 2.95. The minimum Gasteiger partial charge on any atom is -0.396 e. The first kappa shape index (κ1) is 12.5. The van der Waals surface area contributed by atoms with Gasteiger partial charge in [-0.2, -0.15) is 0 Å². The van der Waals surface area contributed by atoms with Crippen LogP contribution in [0.1, 0.15) is 46.5 Å². The lowest BCUT2D eigenvalue weighted by molar-refractivity contribution is -0.129. The van der Waals surface area contributed by atoms with E-state index in [0.717, 1.165) is 32.2 Å². The zero-order chi connectivity index (χ0) is 11.5. The molecule has 0 bridgehead atoms. The maximum atomic E-state index is 11.8. The van der Waals surface area contributed by atoms with Gasteiger partial charge in [-0.1, -0.05) is 20.8 Å². The quantitative estimate of drug-likeness (QED) is 0.705. The Morgan fingerprint density at radius 2 is 2.07 bits per heavy atom. The van der Waals surface area contributed by atoms with Gasteiger partial charge in [-0.15, -0.1) is 0 Å². The second-order valence-corrected chi connectivity index (χ2v) is 5.39. The molecule has 1 rings (SSSR count). The topological polar surface area (TPSA) is 49.3 Å². The summed E-state index contributed by atoms with van der Waals surface area (Å²) >= 11 is 0. The van der Waals surface area contributed by atoms with Gasteiger partial charge in [0.15, 0.2) is 0 Å². The zero-order valence-electron chi connectivity index (χ0n) is 10.1. The van der Waals surface area contributed by atoms with Crippen LogP contribution in [-0.4, -0.2) is 24.2 Å². The van der Waals surface area contributed by atoms with Crippen molar-refractivity contribution in [2.75, 3.05) is 13.2 Å². The summed E-state index contributed by atoms with van der Waals surface area (Å²) in [6.45, 7) is 6.92. The molecule has 1 saturated carbocycles. The molecule has 0 unspecified atom stereocenters. The Bertz CT molecular complexity index is 232. The van der Waals surface area contributed by atoms with Crippen molar-refractivity contribution >= 4 is 5.91 Å². The average molecular weight is 213 g/mol. The number of hydrogen-bond donors (Lipinski definition) is 2. The standard InChI is InChI=1S/C12H23NO2/c1-4-11(2,3)10(15)13-9-12(5-6-12)7-8-14/h14H,4-9H2,1-3H3,(H,13,15). The first-order valence-electron chi connectivity index (χ1n) is 5.85. The molecule has 0 aromatic heterocycles. The molecule has 1 aliphatic rings. The highest BCUT2D eigenvalue weighted by atomic mass is 16.3. The van der Waals surface area contributed by atoms with Crippen LogP contribution in [0, 0.1) is 10.8 Å². The zero-order valence-corrected chi connectivity index (χ0v) is 10.1. The van der Waals surface area contributed by atoms with Gasteiger partial charge < -0.3 is 10.4 Å². The predicted molar refractivity (Wildman–Crippen MR) is 60.5 cm³/mol. The molecule has 0 spiro atoms. The second-order valence-electron chi connectivity index (χ2n) is 5.39. The van der Waals surface area contributed by atoms with Gasteiger partial charge >= 0.3 is 0 Å². The summed E-state index contributed by atoms with van der Waals surface area (Å²) in [6.07, 6.45) is 3.95. The number of hydrogen-bond acceptors (Lipinski definition) is 2. The van der Waals surface area contributed by atoms with Gasteiger partial charge in [-0.3, -0.25) is 4.79 Å². The predicted octanol–water partition coefficient (Wildman–Crippen LogP) is 1.70. The fourth-order valence-electron chi connectivity index (χ4n) is 1.60. The van der Waals surface area contributed by atoms with Gasteiger partial charge in [0.25, 0.3) is 0 Å². The molecule has 1 fully saturated rings. The molecule has 0 saturated heterocycles. The van der Waals surface area contributed by atoms with Crippen molar-refractivity contribution in [1.29, 1.82) is 0 Å². The van der Waals surface area contributed by atoms with Crippen LogP contribution in [0.4, 0.5) is 0 Å². The van der Waals surface area contributed by atoms with Crippen molar-refractivity contribution in [3.05, 3.63) is 0 Å². The Balaban J connectivity index is 2.34. The number of carbonyl (C=O) groups is 1. The van der Waals surface area contributed by atoms with E-state index in [1.54, 1.807) is 0 Å². The first-order valence-corrected chi connectivity index (χ1v) is 5.85. The molecule has 1 amide bonds. The smallest absolute Gasteiger partial charge is 0.225 e. The van der Waals surface area contributed by atoms with Crippen molar-refractivity contribution in [1.82, 2.24) is 5.32 Å². The fraction of sp³-hybridized carbons (Fsp3) is 0.917. The van der Waals surface area contributed by atoms with E-state index in [4.69, 9.17) is 5.11 Å². The molecule has 15 heavy (non-hydrogen) atoms. The largest absolute Gasteiger partial charge is 0.396 e. The van der Waals surface area contributed by atoms with Gasteiger partial charge in [0.2, 0.25) is 5.91 Å². The molecule has 0 radical (unpaired) electrons. The molecule has 0 aromatic carbocycles. The molecule has 0 aliphatic heterocycles. The molecule has 2 N–H and O–H groups in total. The Hall–Kier alpha value is -0.570. The minimum absolute atomic E-state index is 0.134. The van der Waals surface area contributed by atoms with E-state index >= 15 is 0 Å². The number of carbonyl (C=O) groups excluding carboxylic acids is 1. The van der Waals surface area contributed by atoms with Gasteiger partial charge in [-0.05, 0) is 31.1 Å². The SMILES string of the molecule is CCC(C)(C)C(=O)NCC1(CCO)CC1. The summed E-state index contributed by atoms with van der Waals surface area (Å²) in [6, 6.07) is 0. The first-order chi connectivity index (χ1) is 6.96. The van der Waals surface area contributed by atoms with Crippen LogP contribution in [0.25, 0.3) is 0 Å².